The summed E-state index contributed by atoms with van der Waals surface area (Å²) in [5, 5.41) is 16.8. The van der Waals surface area contributed by atoms with Crippen molar-refractivity contribution in [3.8, 4) is 0 Å². The number of ether oxygens (including phenoxy) is 4. The number of hydrogen-bond acceptors (Lipinski definition) is 9. The topological polar surface area (TPSA) is 156 Å². The van der Waals surface area contributed by atoms with Crippen molar-refractivity contribution in [3.63, 3.8) is 0 Å². The number of epoxide rings is 1. The largest absolute Gasteiger partial charge is 0.442 e. The summed E-state index contributed by atoms with van der Waals surface area (Å²) >= 11 is 2.00. The Balaban J connectivity index is 1.20. The first-order chi connectivity index (χ1) is 23.9. The van der Waals surface area contributed by atoms with Crippen molar-refractivity contribution in [1.82, 2.24) is 15.5 Å². The van der Waals surface area contributed by atoms with Gasteiger partial charge in [0.15, 0.2) is 0 Å². The van der Waals surface area contributed by atoms with Gasteiger partial charge < -0.3 is 39.6 Å². The van der Waals surface area contributed by atoms with Gasteiger partial charge in [0, 0.05) is 45.0 Å². The van der Waals surface area contributed by atoms with E-state index in [2.05, 4.69) is 23.6 Å². The molecule has 280 valence electrons. The third-order valence-corrected chi connectivity index (χ3v) is 10.7. The zero-order valence-corrected chi connectivity index (χ0v) is 32.1. The van der Waals surface area contributed by atoms with Crippen LogP contribution in [0.25, 0.3) is 0 Å². The van der Waals surface area contributed by atoms with Gasteiger partial charge in [-0.1, -0.05) is 53.3 Å². The molecule has 9 atom stereocenters. The van der Waals surface area contributed by atoms with E-state index in [1.807, 2.05) is 48.6 Å². The summed E-state index contributed by atoms with van der Waals surface area (Å²) in [6, 6.07) is -0.141. The number of aliphatic hydroxyl groups is 1. The van der Waals surface area contributed by atoms with Crippen LogP contribution < -0.4 is 10.6 Å². The van der Waals surface area contributed by atoms with Gasteiger partial charge in [0.25, 0.3) is 0 Å². The Labute approximate surface area is 310 Å². The normalized spacial score (nSPS) is 32.2. The van der Waals surface area contributed by atoms with Gasteiger partial charge in [-0.3, -0.25) is 14.4 Å². The number of nitrogens with one attached hydrogen (secondary N) is 2. The lowest BCUT2D eigenvalue weighted by molar-refractivity contribution is -0.144. The van der Waals surface area contributed by atoms with Crippen molar-refractivity contribution in [2.75, 3.05) is 30.7 Å². The number of likely N-dealkylation sites (tertiary alicyclic amines) is 1. The summed E-state index contributed by atoms with van der Waals surface area (Å²) in [5.74, 6) is -0.00943. The van der Waals surface area contributed by atoms with Crippen LogP contribution in [0.4, 0.5) is 4.79 Å². The van der Waals surface area contributed by atoms with Gasteiger partial charge >= 0.3 is 6.09 Å². The summed E-state index contributed by atoms with van der Waals surface area (Å²) in [4.78, 5) is 50.8. The number of halogens is 1. The number of aliphatic hydroxyl groups excluding tert-OH is 1. The summed E-state index contributed by atoms with van der Waals surface area (Å²) in [5.41, 5.74) is 0.336. The van der Waals surface area contributed by atoms with Crippen molar-refractivity contribution in [1.29, 1.82) is 0 Å². The molecule has 4 heterocycles. The predicted octanol–water partition coefficient (Wildman–Crippen LogP) is 4.32. The first kappa shape index (κ1) is 40.4. The van der Waals surface area contributed by atoms with Crippen LogP contribution in [-0.4, -0.2) is 113 Å². The minimum atomic E-state index is -0.816. The number of rotatable bonds is 15. The van der Waals surface area contributed by atoms with Crippen LogP contribution in [0.1, 0.15) is 85.5 Å². The minimum Gasteiger partial charge on any atom is -0.442 e. The molecule has 50 heavy (non-hydrogen) atoms. The fourth-order valence-corrected chi connectivity index (χ4v) is 7.12. The smallest absolute Gasteiger partial charge is 0.410 e. The van der Waals surface area contributed by atoms with Crippen LogP contribution >= 0.6 is 22.6 Å². The number of amides is 3. The molecule has 0 aromatic heterocycles. The Bertz CT molecular complexity index is 1260. The summed E-state index contributed by atoms with van der Waals surface area (Å²) in [6.07, 6.45) is 12.4. The first-order valence-electron chi connectivity index (χ1n) is 18.2. The van der Waals surface area contributed by atoms with Crippen LogP contribution in [0, 0.1) is 5.92 Å². The second-order valence-electron chi connectivity index (χ2n) is 14.3. The molecule has 13 heteroatoms. The van der Waals surface area contributed by atoms with E-state index < -0.39 is 23.9 Å². The Morgan fingerprint density at radius 3 is 2.56 bits per heavy atom. The predicted molar refractivity (Wildman–Crippen MR) is 197 cm³/mol. The van der Waals surface area contributed by atoms with Crippen molar-refractivity contribution in [2.24, 2.45) is 5.92 Å². The van der Waals surface area contributed by atoms with Crippen molar-refractivity contribution >= 4 is 46.3 Å². The molecule has 3 N–H and O–H groups in total. The Morgan fingerprint density at radius 2 is 1.86 bits per heavy atom. The van der Waals surface area contributed by atoms with Gasteiger partial charge in [0.2, 0.25) is 11.8 Å². The lowest BCUT2D eigenvalue weighted by atomic mass is 9.86. The highest BCUT2D eigenvalue weighted by atomic mass is 127. The summed E-state index contributed by atoms with van der Waals surface area (Å²) < 4.78 is 24.1. The molecule has 4 aliphatic heterocycles. The fourth-order valence-electron chi connectivity index (χ4n) is 6.85. The number of carbonyl (C=O) groups is 4. The van der Waals surface area contributed by atoms with E-state index in [4.69, 9.17) is 18.9 Å². The quantitative estimate of drug-likeness (QED) is 0.0548. The maximum absolute atomic E-state index is 12.7. The lowest BCUT2D eigenvalue weighted by Gasteiger charge is -2.39. The van der Waals surface area contributed by atoms with E-state index in [1.54, 1.807) is 17.9 Å². The van der Waals surface area contributed by atoms with E-state index in [0.717, 1.165) is 31.3 Å². The van der Waals surface area contributed by atoms with E-state index in [1.165, 1.54) is 6.08 Å². The molecule has 4 fully saturated rings. The number of hydrogen-bond donors (Lipinski definition) is 3. The van der Waals surface area contributed by atoms with Crippen molar-refractivity contribution < 1.29 is 43.2 Å². The Morgan fingerprint density at radius 1 is 1.12 bits per heavy atom. The van der Waals surface area contributed by atoms with Crippen LogP contribution in [0.2, 0.25) is 0 Å². The average molecular weight is 814 g/mol. The van der Waals surface area contributed by atoms with Gasteiger partial charge in [0.05, 0.1) is 35.4 Å². The van der Waals surface area contributed by atoms with E-state index in [0.29, 0.717) is 56.4 Å². The van der Waals surface area contributed by atoms with Crippen LogP contribution in [-0.2, 0) is 33.3 Å². The first-order valence-corrected chi connectivity index (χ1v) is 19.7. The molecule has 0 radical (unpaired) electrons. The molecule has 0 saturated carbocycles. The third-order valence-electron chi connectivity index (χ3n) is 10.0. The van der Waals surface area contributed by atoms with Crippen LogP contribution in [0.15, 0.2) is 36.0 Å². The van der Waals surface area contributed by atoms with E-state index in [9.17, 15) is 24.3 Å². The second kappa shape index (κ2) is 19.5. The minimum absolute atomic E-state index is 0.0174. The molecule has 4 aliphatic rings. The third kappa shape index (κ3) is 12.4. The van der Waals surface area contributed by atoms with Crippen molar-refractivity contribution in [3.05, 3.63) is 36.0 Å². The number of allylic oxidation sites excluding steroid dienone is 2. The number of piperidine rings is 1. The molecule has 0 bridgehead atoms. The standard InChI is InChI=1S/C37H56IN3O9/c1-24(11-14-32-35(45)37(23-47-37)21-29(50-32)20-28(42)9-8-16-39-34(44)22-38)10-13-31-25(2)19-30(27(4)49-31)40-33(43)15-12-26(3)48-36(46)41-17-6-5-7-18-41/h10-12,14-15,25-27,29-32,35,45H,5-9,13,16-23H2,1-4H3,(H,39,44)(H,40,43)/b14-11+,15-12-,24-10+/t25-,26-,27+,29+,30+,31-,32+,35+,37+/m0/s1. The maximum atomic E-state index is 12.7. The number of nitrogens with zero attached hydrogens (tertiary/aromatic N) is 1. The summed E-state index contributed by atoms with van der Waals surface area (Å²) in [7, 11) is 0. The van der Waals surface area contributed by atoms with Gasteiger partial charge in [-0.15, -0.1) is 0 Å². The van der Waals surface area contributed by atoms with Gasteiger partial charge in [-0.05, 0) is 71.3 Å². The zero-order chi connectivity index (χ0) is 36.3. The van der Waals surface area contributed by atoms with Gasteiger partial charge in [-0.25, -0.2) is 4.79 Å². The zero-order valence-electron chi connectivity index (χ0n) is 29.9. The lowest BCUT2D eigenvalue weighted by Crippen LogP contribution is -2.50. The molecule has 0 aromatic rings. The molecule has 0 unspecified atom stereocenters. The second-order valence-corrected chi connectivity index (χ2v) is 15.1. The molecule has 4 rings (SSSR count). The Hall–Kier alpha value is -2.33. The number of ketones is 1. The molecular formula is C37H56IN3O9. The highest BCUT2D eigenvalue weighted by Crippen LogP contribution is 2.43. The summed E-state index contributed by atoms with van der Waals surface area (Å²) in [6.45, 7) is 10.2. The fraction of sp³-hybridized carbons (Fsp3) is 0.730. The van der Waals surface area contributed by atoms with Crippen LogP contribution in [0.3, 0.4) is 0 Å². The number of Topliss-reactive ketones (excluding diaryl/α,β-unsaturated/α-hetero) is 1. The highest BCUT2D eigenvalue weighted by molar-refractivity contribution is 14.1. The number of alkyl halides is 1. The molecule has 4 saturated heterocycles. The molecular weight excluding hydrogens is 757 g/mol. The van der Waals surface area contributed by atoms with E-state index in [-0.39, 0.29) is 60.4 Å². The monoisotopic (exact) mass is 813 g/mol. The average Bonchev–Trinajstić information content (AvgIpc) is 3.87. The van der Waals surface area contributed by atoms with Gasteiger partial charge in [0.1, 0.15) is 29.7 Å². The van der Waals surface area contributed by atoms with Crippen LogP contribution in [0.5, 0.6) is 0 Å². The Kier molecular flexibility index (Phi) is 15.8. The highest BCUT2D eigenvalue weighted by Gasteiger charge is 2.58. The molecule has 3 amide bonds. The molecule has 12 nitrogen and oxygen atoms in total. The SMILES string of the molecule is CC(/C=C/[C@H]1O[C@H](CC(=O)CCCNC(=O)CI)C[C@@]2(CO2)[C@@H]1O)=C\C[C@@H]1O[C@H](C)[C@H](NC(=O)/C=C\[C@H](C)OC(=O)N2CCCCC2)C[C@@H]1C. The van der Waals surface area contributed by atoms with E-state index >= 15 is 0 Å². The van der Waals surface area contributed by atoms with Gasteiger partial charge in [-0.2, -0.15) is 0 Å². The maximum Gasteiger partial charge on any atom is 0.410 e. The van der Waals surface area contributed by atoms with Crippen molar-refractivity contribution in [2.45, 2.75) is 134 Å². The molecule has 1 spiro atoms. The number of carbonyl (C=O) groups excluding carboxylic acids is 4. The molecule has 0 aliphatic carbocycles. The molecule has 0 aromatic carbocycles.